The molecule has 10 N–H and O–H groups in total. The molecule has 0 amide bonds. The van der Waals surface area contributed by atoms with Crippen LogP contribution < -0.4 is 0 Å². The van der Waals surface area contributed by atoms with Crippen molar-refractivity contribution in [1.29, 1.82) is 0 Å². The number of hydrogen-bond donors (Lipinski definition) is 10. The summed E-state index contributed by atoms with van der Waals surface area (Å²) in [4.78, 5) is 12.2. The summed E-state index contributed by atoms with van der Waals surface area (Å²) < 4.78 is 48.5. The third kappa shape index (κ3) is 8.66. The molecule has 25 atom stereocenters. The third-order valence-corrected chi connectivity index (χ3v) is 19.2. The Bertz CT molecular complexity index is 1770. The fourth-order valence-corrected chi connectivity index (χ4v) is 15.5. The molecule has 4 aliphatic heterocycles. The summed E-state index contributed by atoms with van der Waals surface area (Å²) in [6.07, 6.45) is -17.0. The van der Waals surface area contributed by atoms with E-state index in [1.807, 2.05) is 13.8 Å². The second-order valence-electron chi connectivity index (χ2n) is 23.7. The Kier molecular flexibility index (Phi) is 14.3. The summed E-state index contributed by atoms with van der Waals surface area (Å²) in [6.45, 7) is 17.4. The highest BCUT2D eigenvalue weighted by Crippen LogP contribution is 2.76. The first kappa shape index (κ1) is 52.1. The van der Waals surface area contributed by atoms with E-state index in [0.717, 1.165) is 32.1 Å². The minimum absolute atomic E-state index is 0.0526. The lowest BCUT2D eigenvalue weighted by molar-refractivity contribution is -0.375. The molecule has 0 aromatic rings. The molecule has 4 saturated heterocycles. The number of aliphatic hydroxyl groups excluding tert-OH is 10. The summed E-state index contributed by atoms with van der Waals surface area (Å²) in [5.74, 6) is -0.389. The van der Waals surface area contributed by atoms with Crippen LogP contribution in [0, 0.1) is 45.3 Å². The van der Waals surface area contributed by atoms with Gasteiger partial charge in [0, 0.05) is 13.3 Å². The van der Waals surface area contributed by atoms with Crippen molar-refractivity contribution >= 4 is 5.97 Å². The zero-order valence-electron chi connectivity index (χ0n) is 40.5. The van der Waals surface area contributed by atoms with Gasteiger partial charge in [0.1, 0.15) is 73.2 Å². The summed E-state index contributed by atoms with van der Waals surface area (Å²) in [6, 6.07) is 0. The molecule has 8 rings (SSSR count). The Labute approximate surface area is 393 Å². The number of fused-ring (bicyclic) bond motifs is 5. The van der Waals surface area contributed by atoms with E-state index in [-0.39, 0.29) is 53.1 Å². The Morgan fingerprint density at radius 3 is 1.90 bits per heavy atom. The van der Waals surface area contributed by atoms with E-state index in [9.17, 15) is 55.9 Å². The molecule has 0 spiro atoms. The molecule has 19 heteroatoms. The molecule has 4 saturated carbocycles. The van der Waals surface area contributed by atoms with Gasteiger partial charge in [0.2, 0.25) is 0 Å². The molecule has 8 aliphatic rings. The average Bonchev–Trinajstić information content (AvgIpc) is 3.63. The van der Waals surface area contributed by atoms with E-state index in [1.165, 1.54) is 6.92 Å². The average molecular weight is 961 g/mol. The van der Waals surface area contributed by atoms with Gasteiger partial charge in [-0.1, -0.05) is 34.6 Å². The molecule has 0 aromatic heterocycles. The van der Waals surface area contributed by atoms with E-state index in [2.05, 4.69) is 41.5 Å². The fraction of sp³-hybridized carbons (Fsp3) is 0.979. The quantitative estimate of drug-likeness (QED) is 0.108. The van der Waals surface area contributed by atoms with Gasteiger partial charge in [-0.2, -0.15) is 0 Å². The highest BCUT2D eigenvalue weighted by Gasteiger charge is 2.72. The monoisotopic (exact) mass is 961 g/mol. The van der Waals surface area contributed by atoms with Crippen molar-refractivity contribution in [2.75, 3.05) is 19.8 Å². The maximum Gasteiger partial charge on any atom is 0.302 e. The molecule has 4 aliphatic carbocycles. The molecule has 0 unspecified atom stereocenters. The fourth-order valence-electron chi connectivity index (χ4n) is 15.5. The van der Waals surface area contributed by atoms with Crippen LogP contribution in [0.15, 0.2) is 0 Å². The molecule has 0 radical (unpaired) electrons. The van der Waals surface area contributed by atoms with Crippen molar-refractivity contribution in [3.05, 3.63) is 0 Å². The van der Waals surface area contributed by atoms with Gasteiger partial charge in [0.05, 0.1) is 43.2 Å². The second kappa shape index (κ2) is 18.4. The predicted molar refractivity (Wildman–Crippen MR) is 232 cm³/mol. The maximum absolute atomic E-state index is 12.6. The van der Waals surface area contributed by atoms with Gasteiger partial charge in [-0.3, -0.25) is 4.79 Å². The largest absolute Gasteiger partial charge is 0.460 e. The van der Waals surface area contributed by atoms with Gasteiger partial charge in [-0.05, 0) is 111 Å². The summed E-state index contributed by atoms with van der Waals surface area (Å²) in [5.41, 5.74) is -2.97. The van der Waals surface area contributed by atoms with Gasteiger partial charge in [0.25, 0.3) is 0 Å². The number of rotatable bonds is 9. The number of carbonyl (C=O) groups is 1. The topological polar surface area (TPSA) is 293 Å². The molecule has 19 nitrogen and oxygen atoms in total. The molecule has 0 bridgehead atoms. The lowest BCUT2D eigenvalue weighted by Crippen LogP contribution is -2.68. The summed E-state index contributed by atoms with van der Waals surface area (Å²) in [7, 11) is 0. The molecule has 67 heavy (non-hydrogen) atoms. The van der Waals surface area contributed by atoms with Crippen LogP contribution in [-0.4, -0.2) is 192 Å². The van der Waals surface area contributed by atoms with Gasteiger partial charge in [-0.15, -0.1) is 0 Å². The third-order valence-electron chi connectivity index (χ3n) is 19.2. The van der Waals surface area contributed by atoms with Crippen LogP contribution in [0.4, 0.5) is 0 Å². The standard InChI is InChI=1S/C48H80O19/c1-21(49)63-26-17-48(9,67-44(4,5)39(26)59)22-10-14-47(8)31(22)23(50)16-29-45(6)13-12-30(43(2,3)28(45)11-15-46(29,47)7)65-42-38(66-41-37(58)33(54)25(52)19-61-41)35(56)34(55)27(64-42)20-62-40-36(57)32(53)24(51)18-60-40/h22-42,50-59H,10-20H2,1-9H3/t22-,23-,24+,25-,26+,27+,28+,29-,30-,31+,32-,33+,34-,35-,36+,37+,38+,39+,40-,41+,42+,45-,46-,47+,48+/m1/s1. The Morgan fingerprint density at radius 1 is 0.642 bits per heavy atom. The van der Waals surface area contributed by atoms with Crippen LogP contribution >= 0.6 is 0 Å². The van der Waals surface area contributed by atoms with Crippen LogP contribution in [0.1, 0.15) is 114 Å². The molecular formula is C48H80O19. The first-order chi connectivity index (χ1) is 31.1. The highest BCUT2D eigenvalue weighted by molar-refractivity contribution is 5.66. The van der Waals surface area contributed by atoms with E-state index >= 15 is 0 Å². The molecule has 8 fully saturated rings. The van der Waals surface area contributed by atoms with Crippen LogP contribution in [0.2, 0.25) is 0 Å². The number of aliphatic hydroxyl groups is 10. The maximum atomic E-state index is 12.6. The lowest BCUT2D eigenvalue weighted by Gasteiger charge is -2.71. The minimum atomic E-state index is -1.72. The number of esters is 1. The van der Waals surface area contributed by atoms with E-state index < -0.39 is 134 Å². The van der Waals surface area contributed by atoms with Crippen molar-refractivity contribution < 1.29 is 93.8 Å². The predicted octanol–water partition coefficient (Wildman–Crippen LogP) is 0.00420. The Balaban J connectivity index is 1.02. The molecular weight excluding hydrogens is 881 g/mol. The molecule has 4 heterocycles. The van der Waals surface area contributed by atoms with Crippen LogP contribution in [0.3, 0.4) is 0 Å². The van der Waals surface area contributed by atoms with Crippen LogP contribution in [0.5, 0.6) is 0 Å². The van der Waals surface area contributed by atoms with Gasteiger partial charge >= 0.3 is 5.97 Å². The van der Waals surface area contributed by atoms with Gasteiger partial charge in [-0.25, -0.2) is 0 Å². The number of hydrogen-bond acceptors (Lipinski definition) is 19. The first-order valence-corrected chi connectivity index (χ1v) is 24.6. The Morgan fingerprint density at radius 2 is 1.25 bits per heavy atom. The van der Waals surface area contributed by atoms with Gasteiger partial charge < -0.3 is 89.0 Å². The smallest absolute Gasteiger partial charge is 0.302 e. The van der Waals surface area contributed by atoms with Crippen molar-refractivity contribution in [3.8, 4) is 0 Å². The van der Waals surface area contributed by atoms with E-state index in [0.29, 0.717) is 19.3 Å². The minimum Gasteiger partial charge on any atom is -0.460 e. The van der Waals surface area contributed by atoms with E-state index in [4.69, 9.17) is 37.9 Å². The lowest BCUT2D eigenvalue weighted by atomic mass is 9.35. The number of ether oxygens (including phenoxy) is 8. The summed E-state index contributed by atoms with van der Waals surface area (Å²) >= 11 is 0. The zero-order valence-corrected chi connectivity index (χ0v) is 40.5. The molecule has 386 valence electrons. The number of carbonyl (C=O) groups excluding carboxylic acids is 1. The highest BCUT2D eigenvalue weighted by atomic mass is 16.8. The second-order valence-corrected chi connectivity index (χ2v) is 23.7. The van der Waals surface area contributed by atoms with Gasteiger partial charge in [0.15, 0.2) is 18.9 Å². The van der Waals surface area contributed by atoms with Crippen molar-refractivity contribution in [2.24, 2.45) is 45.3 Å². The van der Waals surface area contributed by atoms with Crippen molar-refractivity contribution in [2.45, 2.75) is 229 Å². The first-order valence-electron chi connectivity index (χ1n) is 24.6. The Hall–Kier alpha value is -1.21. The SMILES string of the molecule is CC(=O)O[C@H]1C[C@@](C)([C@@H]2CC[C@@]3(C)[C@@H]2[C@H](O)C[C@@H]2[C@]4(C)CC[C@@H](O[C@@H]5O[C@@H](CO[C@H]6OC[C@H](O)[C@@H](O)[C@@H]6O)[C@@H](O)[C@@H](O)[C@@H]5O[C@@H]5OC[C@@H](O)[C@H](O)[C@@H]5O)C(C)(C)[C@@H]4CC[C@]23C)OC(C)(C)[C@H]1O. The van der Waals surface area contributed by atoms with Crippen molar-refractivity contribution in [3.63, 3.8) is 0 Å². The van der Waals surface area contributed by atoms with Crippen LogP contribution in [-0.2, 0) is 42.7 Å². The normalized spacial score (nSPS) is 55.2. The summed E-state index contributed by atoms with van der Waals surface area (Å²) in [5, 5.41) is 109. The molecule has 0 aromatic carbocycles. The zero-order chi connectivity index (χ0) is 49.1. The van der Waals surface area contributed by atoms with Crippen LogP contribution in [0.25, 0.3) is 0 Å². The van der Waals surface area contributed by atoms with E-state index in [1.54, 1.807) is 0 Å². The van der Waals surface area contributed by atoms with Crippen molar-refractivity contribution in [1.82, 2.24) is 0 Å².